The Labute approximate surface area is 128 Å². The number of ether oxygens (including phenoxy) is 2. The topological polar surface area (TPSA) is 55.8 Å². The maximum absolute atomic E-state index is 12.1. The highest BCUT2D eigenvalue weighted by Crippen LogP contribution is 2.29. The van der Waals surface area contributed by atoms with Crippen LogP contribution in [-0.2, 0) is 14.3 Å². The average molecular weight is 299 g/mol. The van der Waals surface area contributed by atoms with E-state index in [0.29, 0.717) is 6.61 Å². The summed E-state index contributed by atoms with van der Waals surface area (Å²) >= 11 is 0. The molecule has 1 aliphatic rings. The van der Waals surface area contributed by atoms with Crippen molar-refractivity contribution in [3.05, 3.63) is 0 Å². The Morgan fingerprint density at radius 1 is 1.14 bits per heavy atom. The molecule has 0 aromatic heterocycles. The molecule has 1 heterocycles. The highest BCUT2D eigenvalue weighted by atomic mass is 16.5. The molecule has 5 heteroatoms. The number of piperidine rings is 1. The van der Waals surface area contributed by atoms with E-state index in [1.165, 1.54) is 13.5 Å². The van der Waals surface area contributed by atoms with Gasteiger partial charge in [0.1, 0.15) is 0 Å². The number of unbranched alkanes of at least 4 members (excludes halogenated alkanes) is 2. The Hall–Kier alpha value is -1.26. The summed E-state index contributed by atoms with van der Waals surface area (Å²) in [5.41, 5.74) is 0. The number of hydrogen-bond acceptors (Lipinski definition) is 4. The first-order valence-electron chi connectivity index (χ1n) is 8.15. The Kier molecular flexibility index (Phi) is 8.16. The van der Waals surface area contributed by atoms with Gasteiger partial charge >= 0.3 is 12.1 Å². The van der Waals surface area contributed by atoms with E-state index in [1.54, 1.807) is 11.8 Å². The van der Waals surface area contributed by atoms with Crippen LogP contribution in [0.4, 0.5) is 4.79 Å². The van der Waals surface area contributed by atoms with Gasteiger partial charge in [-0.3, -0.25) is 4.79 Å². The third-order valence-electron chi connectivity index (χ3n) is 4.10. The van der Waals surface area contributed by atoms with Crippen LogP contribution in [0.3, 0.4) is 0 Å². The summed E-state index contributed by atoms with van der Waals surface area (Å²) in [5, 5.41) is 0. The second-order valence-corrected chi connectivity index (χ2v) is 5.62. The summed E-state index contributed by atoms with van der Waals surface area (Å²) in [7, 11) is 1.40. The van der Waals surface area contributed by atoms with Crippen molar-refractivity contribution >= 4 is 12.1 Å². The molecule has 1 fully saturated rings. The van der Waals surface area contributed by atoms with Gasteiger partial charge in [0.25, 0.3) is 0 Å². The van der Waals surface area contributed by atoms with Crippen LogP contribution in [0.1, 0.15) is 65.2 Å². The summed E-state index contributed by atoms with van der Waals surface area (Å²) in [6, 6.07) is 0.106. The molecule has 1 saturated heterocycles. The normalized spacial score (nSPS) is 22.0. The maximum atomic E-state index is 12.1. The lowest BCUT2D eigenvalue weighted by Crippen LogP contribution is -2.50. The molecule has 0 aliphatic carbocycles. The Morgan fingerprint density at radius 3 is 2.48 bits per heavy atom. The number of esters is 1. The number of carbonyl (C=O) groups is 2. The number of carbonyl (C=O) groups excluding carboxylic acids is 2. The van der Waals surface area contributed by atoms with E-state index in [4.69, 9.17) is 9.47 Å². The Morgan fingerprint density at radius 2 is 1.86 bits per heavy atom. The molecule has 0 bridgehead atoms. The van der Waals surface area contributed by atoms with Crippen molar-refractivity contribution < 1.29 is 19.1 Å². The zero-order chi connectivity index (χ0) is 15.7. The lowest BCUT2D eigenvalue weighted by atomic mass is 9.91. The second-order valence-electron chi connectivity index (χ2n) is 5.62. The number of methoxy groups -OCH3 is 1. The second kappa shape index (κ2) is 9.64. The number of rotatable bonds is 7. The maximum Gasteiger partial charge on any atom is 0.409 e. The van der Waals surface area contributed by atoms with Crippen LogP contribution >= 0.6 is 0 Å². The molecule has 0 radical (unpaired) electrons. The zero-order valence-corrected chi connectivity index (χ0v) is 13.6. The number of hydrogen-bond donors (Lipinski definition) is 0. The lowest BCUT2D eigenvalue weighted by molar-refractivity contribution is -0.144. The molecule has 1 amide bonds. The van der Waals surface area contributed by atoms with Gasteiger partial charge in [-0.05, 0) is 32.6 Å². The first-order chi connectivity index (χ1) is 10.1. The van der Waals surface area contributed by atoms with Crippen molar-refractivity contribution in [1.82, 2.24) is 4.90 Å². The SMILES string of the molecule is CCCCC[C@@H]1CCC[C@@H](CC(=O)OCC)N1C(=O)OC. The summed E-state index contributed by atoms with van der Waals surface area (Å²) in [6.07, 6.45) is 7.29. The fraction of sp³-hybridized carbons (Fsp3) is 0.875. The van der Waals surface area contributed by atoms with Crippen LogP contribution in [0.2, 0.25) is 0 Å². The van der Waals surface area contributed by atoms with Gasteiger partial charge in [0.2, 0.25) is 0 Å². The molecule has 5 nitrogen and oxygen atoms in total. The molecule has 0 unspecified atom stereocenters. The quantitative estimate of drug-likeness (QED) is 0.533. The molecule has 0 aromatic rings. The van der Waals surface area contributed by atoms with E-state index in [-0.39, 0.29) is 30.6 Å². The van der Waals surface area contributed by atoms with Gasteiger partial charge in [-0.1, -0.05) is 26.2 Å². The van der Waals surface area contributed by atoms with Crippen LogP contribution in [0.15, 0.2) is 0 Å². The predicted molar refractivity (Wildman–Crippen MR) is 81.1 cm³/mol. The van der Waals surface area contributed by atoms with Crippen molar-refractivity contribution in [2.24, 2.45) is 0 Å². The molecule has 0 saturated carbocycles. The van der Waals surface area contributed by atoms with E-state index in [1.807, 2.05) is 0 Å². The van der Waals surface area contributed by atoms with Gasteiger partial charge in [0.15, 0.2) is 0 Å². The van der Waals surface area contributed by atoms with Crippen molar-refractivity contribution in [2.75, 3.05) is 13.7 Å². The third kappa shape index (κ3) is 5.56. The predicted octanol–water partition coefficient (Wildman–Crippen LogP) is 3.51. The third-order valence-corrected chi connectivity index (χ3v) is 4.10. The summed E-state index contributed by atoms with van der Waals surface area (Å²) < 4.78 is 9.96. The molecule has 2 atom stereocenters. The van der Waals surface area contributed by atoms with Gasteiger partial charge in [-0.15, -0.1) is 0 Å². The van der Waals surface area contributed by atoms with E-state index in [0.717, 1.165) is 38.5 Å². The van der Waals surface area contributed by atoms with Gasteiger partial charge in [0, 0.05) is 12.1 Å². The van der Waals surface area contributed by atoms with Crippen molar-refractivity contribution in [1.29, 1.82) is 0 Å². The van der Waals surface area contributed by atoms with Crippen LogP contribution in [-0.4, -0.2) is 42.8 Å². The number of amides is 1. The molecule has 1 aliphatic heterocycles. The molecule has 0 spiro atoms. The van der Waals surface area contributed by atoms with Crippen LogP contribution in [0.25, 0.3) is 0 Å². The number of likely N-dealkylation sites (tertiary alicyclic amines) is 1. The molecular weight excluding hydrogens is 270 g/mol. The van der Waals surface area contributed by atoms with Gasteiger partial charge < -0.3 is 14.4 Å². The minimum atomic E-state index is -0.314. The smallest absolute Gasteiger partial charge is 0.409 e. The monoisotopic (exact) mass is 299 g/mol. The fourth-order valence-electron chi connectivity index (χ4n) is 3.10. The minimum absolute atomic E-state index is 0.0862. The van der Waals surface area contributed by atoms with E-state index in [9.17, 15) is 9.59 Å². The minimum Gasteiger partial charge on any atom is -0.466 e. The highest BCUT2D eigenvalue weighted by Gasteiger charge is 2.35. The van der Waals surface area contributed by atoms with Crippen molar-refractivity contribution in [3.63, 3.8) is 0 Å². The Bertz CT molecular complexity index is 332. The molecule has 0 aromatic carbocycles. The lowest BCUT2D eigenvalue weighted by Gasteiger charge is -2.41. The molecular formula is C16H29NO4. The van der Waals surface area contributed by atoms with Crippen LogP contribution < -0.4 is 0 Å². The molecule has 0 N–H and O–H groups in total. The van der Waals surface area contributed by atoms with E-state index < -0.39 is 0 Å². The summed E-state index contributed by atoms with van der Waals surface area (Å²) in [4.78, 5) is 25.6. The summed E-state index contributed by atoms with van der Waals surface area (Å²) in [5.74, 6) is -0.231. The van der Waals surface area contributed by atoms with Gasteiger partial charge in [0.05, 0.1) is 20.1 Å². The van der Waals surface area contributed by atoms with E-state index in [2.05, 4.69) is 6.92 Å². The zero-order valence-electron chi connectivity index (χ0n) is 13.6. The van der Waals surface area contributed by atoms with Crippen molar-refractivity contribution in [3.8, 4) is 0 Å². The first-order valence-corrected chi connectivity index (χ1v) is 8.15. The number of nitrogens with zero attached hydrogens (tertiary/aromatic N) is 1. The average Bonchev–Trinajstić information content (AvgIpc) is 2.47. The first kappa shape index (κ1) is 17.8. The van der Waals surface area contributed by atoms with Crippen LogP contribution in [0, 0.1) is 0 Å². The Balaban J connectivity index is 2.70. The van der Waals surface area contributed by atoms with Gasteiger partial charge in [-0.2, -0.15) is 0 Å². The highest BCUT2D eigenvalue weighted by molar-refractivity contribution is 5.73. The summed E-state index contributed by atoms with van der Waals surface area (Å²) in [6.45, 7) is 4.34. The molecule has 122 valence electrons. The molecule has 1 rings (SSSR count). The van der Waals surface area contributed by atoms with Crippen molar-refractivity contribution in [2.45, 2.75) is 77.3 Å². The molecule has 21 heavy (non-hydrogen) atoms. The van der Waals surface area contributed by atoms with Gasteiger partial charge in [-0.25, -0.2) is 4.79 Å². The largest absolute Gasteiger partial charge is 0.466 e. The fourth-order valence-corrected chi connectivity index (χ4v) is 3.10. The standard InChI is InChI=1S/C16H29NO4/c1-4-6-7-9-13-10-8-11-14(12-15(18)21-5-2)17(13)16(19)20-3/h13-14H,4-12H2,1-3H3/t13-,14+/m1/s1. The van der Waals surface area contributed by atoms with E-state index >= 15 is 0 Å². The van der Waals surface area contributed by atoms with Crippen LogP contribution in [0.5, 0.6) is 0 Å².